The van der Waals surface area contributed by atoms with Gasteiger partial charge in [0.1, 0.15) is 0 Å². The highest BCUT2D eigenvalue weighted by Crippen LogP contribution is 2.51. The van der Waals surface area contributed by atoms with Crippen LogP contribution in [-0.2, 0) is 9.31 Å². The van der Waals surface area contributed by atoms with Crippen molar-refractivity contribution in [3.8, 4) is 0 Å². The molecule has 0 radical (unpaired) electrons. The van der Waals surface area contributed by atoms with Crippen LogP contribution in [0.15, 0.2) is 12.1 Å². The van der Waals surface area contributed by atoms with Crippen molar-refractivity contribution < 1.29 is 9.31 Å². The third kappa shape index (κ3) is 3.72. The molecule has 0 N–H and O–H groups in total. The van der Waals surface area contributed by atoms with Gasteiger partial charge in [0.15, 0.2) is 0 Å². The van der Waals surface area contributed by atoms with Gasteiger partial charge in [-0.2, -0.15) is 0 Å². The first-order valence-electron chi connectivity index (χ1n) is 13.6. The van der Waals surface area contributed by atoms with E-state index in [1.54, 1.807) is 15.8 Å². The van der Waals surface area contributed by atoms with E-state index >= 15 is 0 Å². The third-order valence-electron chi connectivity index (χ3n) is 9.30. The van der Waals surface area contributed by atoms with Crippen LogP contribution < -0.4 is 4.78 Å². The summed E-state index contributed by atoms with van der Waals surface area (Å²) >= 11 is 4.02. The predicted octanol–water partition coefficient (Wildman–Crippen LogP) is 8.82. The zero-order chi connectivity index (χ0) is 23.7. The van der Waals surface area contributed by atoms with Crippen LogP contribution in [-0.4, -0.2) is 18.3 Å². The largest absolute Gasteiger partial charge is 0.505 e. The van der Waals surface area contributed by atoms with Gasteiger partial charge in [0.05, 0.1) is 11.2 Å². The van der Waals surface area contributed by atoms with Crippen LogP contribution in [0.4, 0.5) is 0 Å². The lowest BCUT2D eigenvalue weighted by atomic mass is 9.78. The Hall–Kier alpha value is -0.875. The van der Waals surface area contributed by atoms with E-state index < -0.39 is 0 Å². The molecule has 1 aromatic carbocycles. The standard InChI is InChI=1S/C29H39BO2S2/c1-18-23-21(34-27(18)30-31-28(2,3)29(4,5)32-30)16-17-22-25(23)24(19-12-8-6-9-13-19)26(33-22)20-14-10-7-11-15-20/h16-17,19-20H,6-15H2,1-5H3. The average Bonchev–Trinajstić information content (AvgIpc) is 3.43. The molecule has 6 rings (SSSR count). The summed E-state index contributed by atoms with van der Waals surface area (Å²) in [6.07, 6.45) is 13.9. The Morgan fingerprint density at radius 2 is 1.26 bits per heavy atom. The van der Waals surface area contributed by atoms with Gasteiger partial charge in [0, 0.05) is 29.8 Å². The zero-order valence-electron chi connectivity index (χ0n) is 21.6. The summed E-state index contributed by atoms with van der Waals surface area (Å²) in [4.78, 5) is 1.75. The van der Waals surface area contributed by atoms with Crippen LogP contribution in [0.2, 0.25) is 0 Å². The summed E-state index contributed by atoms with van der Waals surface area (Å²) in [5.74, 6) is 1.52. The fourth-order valence-electron chi connectivity index (χ4n) is 6.63. The predicted molar refractivity (Wildman–Crippen MR) is 149 cm³/mol. The molecule has 182 valence electrons. The van der Waals surface area contributed by atoms with Crippen molar-refractivity contribution in [3.63, 3.8) is 0 Å². The molecule has 0 amide bonds. The minimum atomic E-state index is -0.306. The van der Waals surface area contributed by atoms with Gasteiger partial charge in [-0.05, 0) is 95.4 Å². The molecule has 3 heterocycles. The maximum Gasteiger partial charge on any atom is 0.505 e. The summed E-state index contributed by atoms with van der Waals surface area (Å²) in [5.41, 5.74) is 2.52. The minimum absolute atomic E-state index is 0.271. The van der Waals surface area contributed by atoms with Crippen molar-refractivity contribution in [2.24, 2.45) is 0 Å². The Balaban J connectivity index is 1.54. The second-order valence-corrected chi connectivity index (χ2v) is 14.2. The van der Waals surface area contributed by atoms with Crippen molar-refractivity contribution in [3.05, 3.63) is 28.1 Å². The van der Waals surface area contributed by atoms with Crippen LogP contribution in [0.5, 0.6) is 0 Å². The summed E-state index contributed by atoms with van der Waals surface area (Å²) in [6.45, 7) is 10.9. The SMILES string of the molecule is Cc1c(B2OC(C)(C)C(C)(C)O2)sc2ccc3sc(C4CCCCC4)c(C4CCCCC4)c3c12. The highest BCUT2D eigenvalue weighted by Gasteiger charge is 2.52. The smallest absolute Gasteiger partial charge is 0.399 e. The maximum absolute atomic E-state index is 6.51. The van der Waals surface area contributed by atoms with Crippen molar-refractivity contribution >= 4 is 54.7 Å². The first kappa shape index (κ1) is 23.5. The van der Waals surface area contributed by atoms with Crippen molar-refractivity contribution in [2.75, 3.05) is 0 Å². The molecule has 0 atom stereocenters. The topological polar surface area (TPSA) is 18.5 Å². The Labute approximate surface area is 213 Å². The van der Waals surface area contributed by atoms with E-state index in [-0.39, 0.29) is 18.3 Å². The zero-order valence-corrected chi connectivity index (χ0v) is 23.2. The van der Waals surface area contributed by atoms with Crippen molar-refractivity contribution in [1.82, 2.24) is 0 Å². The lowest BCUT2D eigenvalue weighted by Gasteiger charge is -2.32. The van der Waals surface area contributed by atoms with Gasteiger partial charge in [-0.1, -0.05) is 38.5 Å². The Bertz CT molecular complexity index is 1190. The van der Waals surface area contributed by atoms with E-state index in [1.165, 1.54) is 89.3 Å². The van der Waals surface area contributed by atoms with Gasteiger partial charge in [-0.25, -0.2) is 0 Å². The molecule has 3 aromatic rings. The van der Waals surface area contributed by atoms with Crippen LogP contribution >= 0.6 is 22.7 Å². The molecule has 34 heavy (non-hydrogen) atoms. The monoisotopic (exact) mass is 494 g/mol. The molecule has 0 bridgehead atoms. The molecular weight excluding hydrogens is 455 g/mol. The molecule has 2 nitrogen and oxygen atoms in total. The number of rotatable bonds is 3. The molecule has 3 aliphatic rings. The number of hydrogen-bond donors (Lipinski definition) is 0. The Morgan fingerprint density at radius 1 is 0.735 bits per heavy atom. The van der Waals surface area contributed by atoms with E-state index in [0.29, 0.717) is 0 Å². The van der Waals surface area contributed by atoms with Crippen LogP contribution in [0.1, 0.15) is 120 Å². The second-order valence-electron chi connectivity index (χ2n) is 12.0. The van der Waals surface area contributed by atoms with Crippen LogP contribution in [0.3, 0.4) is 0 Å². The number of aryl methyl sites for hydroxylation is 1. The van der Waals surface area contributed by atoms with Gasteiger partial charge in [0.2, 0.25) is 0 Å². The van der Waals surface area contributed by atoms with Crippen LogP contribution in [0, 0.1) is 6.92 Å². The van der Waals surface area contributed by atoms with E-state index in [0.717, 1.165) is 11.8 Å². The number of fused-ring (bicyclic) bond motifs is 3. The third-order valence-corrected chi connectivity index (χ3v) is 11.9. The van der Waals surface area contributed by atoms with Gasteiger partial charge in [-0.15, -0.1) is 22.7 Å². The molecule has 2 aromatic heterocycles. The average molecular weight is 495 g/mol. The lowest BCUT2D eigenvalue weighted by Crippen LogP contribution is -2.41. The molecule has 5 heteroatoms. The van der Waals surface area contributed by atoms with E-state index in [2.05, 4.69) is 58.1 Å². The summed E-state index contributed by atoms with van der Waals surface area (Å²) in [5, 5.41) is 3.08. The highest BCUT2D eigenvalue weighted by atomic mass is 32.1. The molecule has 3 fully saturated rings. The van der Waals surface area contributed by atoms with Crippen molar-refractivity contribution in [2.45, 2.75) is 122 Å². The van der Waals surface area contributed by atoms with E-state index in [9.17, 15) is 0 Å². The fourth-order valence-corrected chi connectivity index (χ4v) is 9.27. The summed E-state index contributed by atoms with van der Waals surface area (Å²) in [6, 6.07) is 4.79. The molecule has 1 saturated heterocycles. The van der Waals surface area contributed by atoms with Crippen molar-refractivity contribution in [1.29, 1.82) is 0 Å². The summed E-state index contributed by atoms with van der Waals surface area (Å²) in [7, 11) is -0.271. The Kier molecular flexibility index (Phi) is 5.96. The first-order valence-corrected chi connectivity index (χ1v) is 15.2. The molecule has 1 aliphatic heterocycles. The van der Waals surface area contributed by atoms with Gasteiger partial charge in [-0.3, -0.25) is 0 Å². The van der Waals surface area contributed by atoms with E-state index in [1.807, 2.05) is 11.3 Å². The molecule has 0 spiro atoms. The van der Waals surface area contributed by atoms with E-state index in [4.69, 9.17) is 9.31 Å². The number of hydrogen-bond acceptors (Lipinski definition) is 4. The van der Waals surface area contributed by atoms with Crippen LogP contribution in [0.25, 0.3) is 20.2 Å². The first-order chi connectivity index (χ1) is 16.3. The number of benzene rings is 1. The normalized spacial score (nSPS) is 24.0. The lowest BCUT2D eigenvalue weighted by molar-refractivity contribution is 0.00578. The highest BCUT2D eigenvalue weighted by molar-refractivity contribution is 7.28. The molecular formula is C29H39BO2S2. The maximum atomic E-state index is 6.51. The van der Waals surface area contributed by atoms with Gasteiger partial charge < -0.3 is 9.31 Å². The Morgan fingerprint density at radius 3 is 1.85 bits per heavy atom. The quantitative estimate of drug-likeness (QED) is 0.339. The molecule has 2 saturated carbocycles. The fraction of sp³-hybridized carbons (Fsp3) is 0.655. The minimum Gasteiger partial charge on any atom is -0.399 e. The molecule has 2 aliphatic carbocycles. The van der Waals surface area contributed by atoms with Gasteiger partial charge >= 0.3 is 7.12 Å². The summed E-state index contributed by atoms with van der Waals surface area (Å²) < 4.78 is 17.2. The molecule has 0 unspecified atom stereocenters. The number of thiophene rings is 2. The van der Waals surface area contributed by atoms with Gasteiger partial charge in [0.25, 0.3) is 0 Å². The second kappa shape index (κ2) is 8.61.